The van der Waals surface area contributed by atoms with Crippen molar-refractivity contribution in [2.45, 2.75) is 19.0 Å². The number of pyridine rings is 1. The number of aliphatic carboxylic acids is 1. The Bertz CT molecular complexity index is 520. The van der Waals surface area contributed by atoms with Crippen LogP contribution in [0.15, 0.2) is 10.9 Å². The molecule has 0 unspecified atom stereocenters. The summed E-state index contributed by atoms with van der Waals surface area (Å²) in [5, 5.41) is 8.43. The summed E-state index contributed by atoms with van der Waals surface area (Å²) < 4.78 is 62.6. The maximum atomic E-state index is 12.5. The van der Waals surface area contributed by atoms with Crippen molar-refractivity contribution in [3.05, 3.63) is 33.2 Å². The molecule has 0 spiro atoms. The highest BCUT2D eigenvalue weighted by molar-refractivity contribution is 5.71. The number of hydrogen-bond acceptors (Lipinski definition) is 2. The van der Waals surface area contributed by atoms with E-state index in [2.05, 4.69) is 0 Å². The average Bonchev–Trinajstić information content (AvgIpc) is 2.17. The van der Waals surface area contributed by atoms with Gasteiger partial charge in [0.05, 0.1) is 17.7 Å². The molecule has 100 valence electrons. The summed E-state index contributed by atoms with van der Waals surface area (Å²) in [5.41, 5.74) is -5.49. The zero-order valence-corrected chi connectivity index (χ0v) is 8.52. The third-order valence-electron chi connectivity index (χ3n) is 2.04. The molecule has 1 heterocycles. The Morgan fingerprint density at radius 3 is 2.33 bits per heavy atom. The topological polar surface area (TPSA) is 70.2 Å². The van der Waals surface area contributed by atoms with E-state index in [0.29, 0.717) is 0 Å². The van der Waals surface area contributed by atoms with Crippen molar-refractivity contribution in [2.75, 3.05) is 0 Å². The minimum absolute atomic E-state index is 0.0597. The molecule has 1 rings (SSSR count). The molecular formula is C9H6F5NO3. The maximum absolute atomic E-state index is 12.5. The number of rotatable bonds is 3. The molecule has 0 aromatic carbocycles. The first-order chi connectivity index (χ1) is 8.12. The summed E-state index contributed by atoms with van der Waals surface area (Å²) in [4.78, 5) is 22.8. The van der Waals surface area contributed by atoms with Gasteiger partial charge in [0.15, 0.2) is 0 Å². The molecule has 4 nitrogen and oxygen atoms in total. The predicted octanol–water partition coefficient (Wildman–Crippen LogP) is 1.96. The number of halogens is 5. The van der Waals surface area contributed by atoms with Crippen LogP contribution < -0.4 is 5.56 Å². The zero-order chi connectivity index (χ0) is 14.1. The van der Waals surface area contributed by atoms with Gasteiger partial charge in [0.2, 0.25) is 5.56 Å². The Morgan fingerprint density at radius 2 is 1.94 bits per heavy atom. The Hall–Kier alpha value is -1.93. The summed E-state index contributed by atoms with van der Waals surface area (Å²) >= 11 is 0. The minimum Gasteiger partial charge on any atom is -0.481 e. The summed E-state index contributed by atoms with van der Waals surface area (Å²) in [6, 6.07) is 0.0597. The molecule has 0 bridgehead atoms. The number of carboxylic acid groups (broad SMARTS) is 1. The standard InChI is InChI=1S/C9H6F5NO3/c10-8(11)7-3(1-6(17)18)4(9(12,13)14)2-5(16)15-7/h2,8H,1H2,(H,15,16)(H,17,18). The molecule has 18 heavy (non-hydrogen) atoms. The number of aromatic amines is 1. The number of carbonyl (C=O) groups is 1. The normalized spacial score (nSPS) is 11.9. The molecule has 1 aromatic rings. The van der Waals surface area contributed by atoms with Crippen molar-refractivity contribution in [1.29, 1.82) is 0 Å². The highest BCUT2D eigenvalue weighted by Gasteiger charge is 2.37. The SMILES string of the molecule is O=C(O)Cc1c(C(F)(F)F)cc(=O)[nH]c1C(F)F. The highest BCUT2D eigenvalue weighted by Crippen LogP contribution is 2.34. The van der Waals surface area contributed by atoms with E-state index >= 15 is 0 Å². The molecule has 0 saturated heterocycles. The van der Waals surface area contributed by atoms with Crippen molar-refractivity contribution in [2.24, 2.45) is 0 Å². The fourth-order valence-electron chi connectivity index (χ4n) is 1.39. The maximum Gasteiger partial charge on any atom is 0.416 e. The first-order valence-corrected chi connectivity index (χ1v) is 4.46. The molecule has 0 amide bonds. The van der Waals surface area contributed by atoms with Gasteiger partial charge in [-0.1, -0.05) is 0 Å². The number of H-pyrrole nitrogens is 1. The fourth-order valence-corrected chi connectivity index (χ4v) is 1.39. The summed E-state index contributed by atoms with van der Waals surface area (Å²) in [5.74, 6) is -1.71. The zero-order valence-electron chi connectivity index (χ0n) is 8.52. The van der Waals surface area contributed by atoms with E-state index in [1.807, 2.05) is 0 Å². The molecule has 0 aliphatic rings. The summed E-state index contributed by atoms with van der Waals surface area (Å²) in [6.45, 7) is 0. The first kappa shape index (κ1) is 14.1. The van der Waals surface area contributed by atoms with Crippen molar-refractivity contribution in [3.8, 4) is 0 Å². The Balaban J connectivity index is 3.58. The Labute approximate surface area is 96.1 Å². The number of hydrogen-bond donors (Lipinski definition) is 2. The highest BCUT2D eigenvalue weighted by atomic mass is 19.4. The first-order valence-electron chi connectivity index (χ1n) is 4.46. The molecule has 0 saturated carbocycles. The van der Waals surface area contributed by atoms with Crippen LogP contribution >= 0.6 is 0 Å². The third kappa shape index (κ3) is 3.05. The molecular weight excluding hydrogens is 265 g/mol. The summed E-state index contributed by atoms with van der Waals surface area (Å²) in [6.07, 6.45) is -9.75. The van der Waals surface area contributed by atoms with Gasteiger partial charge in [0.25, 0.3) is 6.43 Å². The lowest BCUT2D eigenvalue weighted by atomic mass is 10.0. The minimum atomic E-state index is -5.08. The third-order valence-corrected chi connectivity index (χ3v) is 2.04. The lowest BCUT2D eigenvalue weighted by molar-refractivity contribution is -0.140. The number of nitrogens with one attached hydrogen (secondary N) is 1. The molecule has 0 radical (unpaired) electrons. The largest absolute Gasteiger partial charge is 0.481 e. The van der Waals surface area contributed by atoms with Crippen LogP contribution in [-0.4, -0.2) is 16.1 Å². The van der Waals surface area contributed by atoms with Crippen LogP contribution in [-0.2, 0) is 17.4 Å². The van der Waals surface area contributed by atoms with Crippen LogP contribution in [0.1, 0.15) is 23.2 Å². The molecule has 1 aromatic heterocycles. The van der Waals surface area contributed by atoms with Gasteiger partial charge in [-0.15, -0.1) is 0 Å². The fraction of sp³-hybridized carbons (Fsp3) is 0.333. The number of alkyl halides is 5. The van der Waals surface area contributed by atoms with Gasteiger partial charge in [-0.2, -0.15) is 13.2 Å². The second kappa shape index (κ2) is 4.75. The Kier molecular flexibility index (Phi) is 3.73. The predicted molar refractivity (Wildman–Crippen MR) is 48.4 cm³/mol. The smallest absolute Gasteiger partial charge is 0.416 e. The molecule has 0 atom stereocenters. The van der Waals surface area contributed by atoms with Crippen molar-refractivity contribution in [1.82, 2.24) is 4.98 Å². The van der Waals surface area contributed by atoms with Crippen molar-refractivity contribution >= 4 is 5.97 Å². The van der Waals surface area contributed by atoms with Gasteiger partial charge in [0.1, 0.15) is 0 Å². The molecule has 0 aliphatic carbocycles. The van der Waals surface area contributed by atoms with E-state index in [1.165, 1.54) is 4.98 Å². The molecule has 9 heteroatoms. The summed E-state index contributed by atoms with van der Waals surface area (Å²) in [7, 11) is 0. The number of aromatic nitrogens is 1. The molecule has 0 aliphatic heterocycles. The van der Waals surface area contributed by atoms with Crippen LogP contribution in [0, 0.1) is 0 Å². The quantitative estimate of drug-likeness (QED) is 0.825. The average molecular weight is 271 g/mol. The van der Waals surface area contributed by atoms with E-state index in [-0.39, 0.29) is 6.07 Å². The lowest BCUT2D eigenvalue weighted by Gasteiger charge is -2.14. The van der Waals surface area contributed by atoms with Crippen LogP contribution in [0.4, 0.5) is 22.0 Å². The molecule has 0 fully saturated rings. The van der Waals surface area contributed by atoms with Crippen molar-refractivity contribution in [3.63, 3.8) is 0 Å². The van der Waals surface area contributed by atoms with E-state index < -0.39 is 47.4 Å². The van der Waals surface area contributed by atoms with Gasteiger partial charge >= 0.3 is 12.1 Å². The van der Waals surface area contributed by atoms with Gasteiger partial charge in [-0.25, -0.2) is 8.78 Å². The second-order valence-electron chi connectivity index (χ2n) is 3.31. The van der Waals surface area contributed by atoms with E-state index in [4.69, 9.17) is 5.11 Å². The van der Waals surface area contributed by atoms with Crippen LogP contribution in [0.2, 0.25) is 0 Å². The number of carboxylic acids is 1. The Morgan fingerprint density at radius 1 is 1.39 bits per heavy atom. The van der Waals surface area contributed by atoms with Gasteiger partial charge in [0, 0.05) is 11.6 Å². The lowest BCUT2D eigenvalue weighted by Crippen LogP contribution is -2.21. The molecule has 2 N–H and O–H groups in total. The van der Waals surface area contributed by atoms with Gasteiger partial charge < -0.3 is 10.1 Å². The van der Waals surface area contributed by atoms with Gasteiger partial charge in [-0.3, -0.25) is 9.59 Å². The second-order valence-corrected chi connectivity index (χ2v) is 3.31. The van der Waals surface area contributed by atoms with E-state index in [9.17, 15) is 31.5 Å². The van der Waals surface area contributed by atoms with Crippen molar-refractivity contribution < 1.29 is 31.9 Å². The van der Waals surface area contributed by atoms with Gasteiger partial charge in [-0.05, 0) is 0 Å². The monoisotopic (exact) mass is 271 g/mol. The van der Waals surface area contributed by atoms with E-state index in [1.54, 1.807) is 0 Å². The van der Waals surface area contributed by atoms with Crippen LogP contribution in [0.3, 0.4) is 0 Å². The van der Waals surface area contributed by atoms with Crippen LogP contribution in [0.25, 0.3) is 0 Å². The van der Waals surface area contributed by atoms with E-state index in [0.717, 1.165) is 0 Å². The van der Waals surface area contributed by atoms with Crippen LogP contribution in [0.5, 0.6) is 0 Å².